The van der Waals surface area contributed by atoms with Crippen molar-refractivity contribution in [2.75, 3.05) is 53.7 Å². The van der Waals surface area contributed by atoms with Crippen LogP contribution in [0.2, 0.25) is 0 Å². The van der Waals surface area contributed by atoms with Gasteiger partial charge < -0.3 is 39.8 Å². The van der Waals surface area contributed by atoms with Crippen molar-refractivity contribution in [3.8, 4) is 0 Å². The second-order valence-corrected chi connectivity index (χ2v) is 15.7. The van der Waals surface area contributed by atoms with Crippen LogP contribution >= 0.6 is 0 Å². The Morgan fingerprint density at radius 1 is 0.597 bits per heavy atom. The van der Waals surface area contributed by atoms with Gasteiger partial charge in [0.15, 0.2) is 0 Å². The average molecular weight is 907 g/mol. The van der Waals surface area contributed by atoms with E-state index in [2.05, 4.69) is 24.9 Å². The molecule has 1 aliphatic heterocycles. The van der Waals surface area contributed by atoms with Crippen molar-refractivity contribution < 1.29 is 48.0 Å². The number of aliphatic hydroxyl groups is 1. The lowest BCUT2D eigenvalue weighted by molar-refractivity contribution is -0.165. The fourth-order valence-corrected chi connectivity index (χ4v) is 5.70. The molecule has 1 saturated heterocycles. The van der Waals surface area contributed by atoms with E-state index in [-0.39, 0.29) is 105 Å². The van der Waals surface area contributed by atoms with Crippen LogP contribution in [-0.4, -0.2) is 94.9 Å². The highest BCUT2D eigenvalue weighted by Crippen LogP contribution is 2.40. The molecule has 0 saturated carbocycles. The summed E-state index contributed by atoms with van der Waals surface area (Å²) in [7, 11) is 3.22. The number of nitrogens with two attached hydrogens (primary N) is 1. The molecule has 62 heavy (non-hydrogen) atoms. The van der Waals surface area contributed by atoms with Crippen molar-refractivity contribution >= 4 is 23.9 Å². The van der Waals surface area contributed by atoms with Crippen LogP contribution in [0.5, 0.6) is 0 Å². The molecule has 388 valence electrons. The minimum Gasteiger partial charge on any atom is -0.465 e. The number of unbranched alkanes of at least 4 members (excludes halogenated alkanes) is 6. The number of esters is 4. The van der Waals surface area contributed by atoms with Gasteiger partial charge in [0.25, 0.3) is 0 Å². The zero-order valence-electron chi connectivity index (χ0n) is 35.1. The summed E-state index contributed by atoms with van der Waals surface area (Å²) in [6.07, 6.45) is 9.76. The van der Waals surface area contributed by atoms with E-state index in [0.29, 0.717) is 58.7 Å². The normalized spacial score (nSPS) is 14.0. The molecule has 4 unspecified atom stereocenters. The van der Waals surface area contributed by atoms with Gasteiger partial charge in [-0.05, 0) is 94.2 Å². The Labute approximate surface area is 390 Å². The number of epoxide rings is 1. The molecule has 12 heteroatoms. The van der Waals surface area contributed by atoms with E-state index < -0.39 is 33.7 Å². The summed E-state index contributed by atoms with van der Waals surface area (Å²) in [6, 6.07) is 0. The van der Waals surface area contributed by atoms with Gasteiger partial charge in [0, 0.05) is 6.54 Å². The third-order valence-electron chi connectivity index (χ3n) is 9.43. The van der Waals surface area contributed by atoms with Gasteiger partial charge in [0.1, 0.15) is 25.4 Å². The Balaban J connectivity index is -0.0000000671. The molecule has 4 atom stereocenters. The van der Waals surface area contributed by atoms with E-state index >= 15 is 0 Å². The molecule has 0 radical (unpaired) electrons. The van der Waals surface area contributed by atoms with E-state index in [0.717, 1.165) is 51.4 Å². The molecular formula is C50H118N2O10. The Morgan fingerprint density at radius 3 is 1.23 bits per heavy atom. The molecular weight excluding hydrogens is 789 g/mol. The predicted octanol–water partition coefficient (Wildman–Crippen LogP) is 12.9. The van der Waals surface area contributed by atoms with Crippen LogP contribution in [-0.2, 0) is 42.9 Å². The van der Waals surface area contributed by atoms with Gasteiger partial charge >= 0.3 is 23.9 Å². The quantitative estimate of drug-likeness (QED) is 0.0324. The van der Waals surface area contributed by atoms with Crippen LogP contribution in [0.25, 0.3) is 0 Å². The minimum absolute atomic E-state index is 0. The zero-order chi connectivity index (χ0) is 40.4. The molecule has 0 aliphatic carbocycles. The van der Waals surface area contributed by atoms with Gasteiger partial charge in [0.2, 0.25) is 0 Å². The van der Waals surface area contributed by atoms with Gasteiger partial charge in [-0.1, -0.05) is 140 Å². The van der Waals surface area contributed by atoms with Gasteiger partial charge in [-0.25, -0.2) is 0 Å². The summed E-state index contributed by atoms with van der Waals surface area (Å²) in [5, 5.41) is 12.5. The van der Waals surface area contributed by atoms with Crippen LogP contribution in [0.4, 0.5) is 0 Å². The third kappa shape index (κ3) is 38.2. The van der Waals surface area contributed by atoms with Crippen molar-refractivity contribution in [1.82, 2.24) is 5.32 Å². The van der Waals surface area contributed by atoms with Gasteiger partial charge in [-0.15, -0.1) is 0 Å². The molecule has 12 nitrogen and oxygen atoms in total. The van der Waals surface area contributed by atoms with Gasteiger partial charge in [-0.3, -0.25) is 19.2 Å². The summed E-state index contributed by atoms with van der Waals surface area (Å²) in [4.78, 5) is 49.8. The number of rotatable bonds is 26. The third-order valence-corrected chi connectivity index (χ3v) is 9.43. The molecule has 1 fully saturated rings. The molecule has 0 aromatic carbocycles. The topological polar surface area (TPSA) is 176 Å². The van der Waals surface area contributed by atoms with Gasteiger partial charge in [-0.2, -0.15) is 0 Å². The molecule has 0 bridgehead atoms. The maximum atomic E-state index is 12.6. The van der Waals surface area contributed by atoms with Crippen LogP contribution < -0.4 is 11.1 Å². The molecule has 0 aromatic rings. The van der Waals surface area contributed by atoms with Crippen LogP contribution in [0.3, 0.4) is 0 Å². The number of hydrogen-bond acceptors (Lipinski definition) is 12. The number of aliphatic hydroxyl groups excluding tert-OH is 1. The van der Waals surface area contributed by atoms with E-state index in [1.54, 1.807) is 20.9 Å². The highest BCUT2D eigenvalue weighted by Gasteiger charge is 2.44. The summed E-state index contributed by atoms with van der Waals surface area (Å²) in [5.41, 5.74) is 1.51. The number of nitrogens with one attached hydrogen (secondary N) is 1. The standard InChI is InChI=1S/C20H39NO5.C19H34O5.CH5N.10CH4/c1-7-9-10-11-12-25-18(24)20(5,8-2)15-19(3,4)17(23)26-14-16(22)13-21-6;1-6-8-9-10-11-22-17(21)19(5,7-2)14-18(3,4)16(20)24-13-15-12-23-15;1-2;;;;;;;;;;/h16,21-22H,7-15H2,1-6H3;15H,6-14H2,1-5H3;2H2,1H3;10*1H4. The average Bonchev–Trinajstić information content (AvgIpc) is 3.94. The number of carbonyl (C=O) groups excluding carboxylic acids is 4. The minimum atomic E-state index is -0.842. The second-order valence-electron chi connectivity index (χ2n) is 15.7. The summed E-state index contributed by atoms with van der Waals surface area (Å²) in [6.45, 7) is 21.2. The Hall–Kier alpha value is -2.28. The second kappa shape index (κ2) is 48.2. The first-order chi connectivity index (χ1) is 24.4. The fraction of sp³-hybridized carbons (Fsp3) is 0.920. The zero-order valence-corrected chi connectivity index (χ0v) is 35.1. The number of hydrogen-bond donors (Lipinski definition) is 3. The largest absolute Gasteiger partial charge is 0.465 e. The summed E-state index contributed by atoms with van der Waals surface area (Å²) in [5.74, 6) is -1.17. The first-order valence-corrected chi connectivity index (χ1v) is 19.6. The monoisotopic (exact) mass is 907 g/mol. The Bertz CT molecular complexity index is 1000. The van der Waals surface area contributed by atoms with Crippen molar-refractivity contribution in [1.29, 1.82) is 0 Å². The Kier molecular flexibility index (Phi) is 70.3. The molecule has 4 N–H and O–H groups in total. The SMILES string of the molecule is C.C.C.C.C.C.C.C.C.C.CCCCCCOC(=O)C(C)(CC)CC(C)(C)C(=O)OCC(O)CNC.CCCCCCOC(=O)C(C)(CC)CC(C)(C)C(=O)OCC1CO1.CN. The van der Waals surface area contributed by atoms with Crippen LogP contribution in [0.15, 0.2) is 0 Å². The highest BCUT2D eigenvalue weighted by molar-refractivity contribution is 5.81. The van der Waals surface area contributed by atoms with E-state index in [9.17, 15) is 24.3 Å². The van der Waals surface area contributed by atoms with Crippen molar-refractivity contribution in [2.45, 2.75) is 233 Å². The number of ether oxygens (including phenoxy) is 5. The van der Waals surface area contributed by atoms with E-state index in [1.807, 2.05) is 41.5 Å². The van der Waals surface area contributed by atoms with E-state index in [4.69, 9.17) is 23.7 Å². The number of carbonyl (C=O) groups is 4. The van der Waals surface area contributed by atoms with Crippen molar-refractivity contribution in [3.05, 3.63) is 0 Å². The Morgan fingerprint density at radius 2 is 0.935 bits per heavy atom. The first kappa shape index (κ1) is 90.4. The van der Waals surface area contributed by atoms with Crippen LogP contribution in [0, 0.1) is 21.7 Å². The van der Waals surface area contributed by atoms with E-state index in [1.165, 1.54) is 7.05 Å². The fourth-order valence-electron chi connectivity index (χ4n) is 5.70. The van der Waals surface area contributed by atoms with Gasteiger partial charge in [0.05, 0.1) is 41.5 Å². The molecule has 0 aromatic heterocycles. The lowest BCUT2D eigenvalue weighted by Gasteiger charge is -2.33. The summed E-state index contributed by atoms with van der Waals surface area (Å²) < 4.78 is 26.5. The molecule has 0 spiro atoms. The smallest absolute Gasteiger partial charge is 0.311 e. The molecule has 0 amide bonds. The molecule has 1 aliphatic rings. The summed E-state index contributed by atoms with van der Waals surface area (Å²) >= 11 is 0. The lowest BCUT2D eigenvalue weighted by atomic mass is 9.72. The molecule has 1 rings (SSSR count). The lowest BCUT2D eigenvalue weighted by Crippen LogP contribution is -2.40. The van der Waals surface area contributed by atoms with Crippen molar-refractivity contribution in [2.24, 2.45) is 27.4 Å². The maximum Gasteiger partial charge on any atom is 0.311 e. The first-order valence-electron chi connectivity index (χ1n) is 19.6. The molecule has 1 heterocycles. The maximum absolute atomic E-state index is 12.6. The van der Waals surface area contributed by atoms with Crippen molar-refractivity contribution in [3.63, 3.8) is 0 Å². The predicted molar refractivity (Wildman–Crippen MR) is 273 cm³/mol. The highest BCUT2D eigenvalue weighted by atomic mass is 16.6. The number of likely N-dealkylation sites (N-methyl/N-ethyl adjacent to an activating group) is 1. The van der Waals surface area contributed by atoms with Crippen LogP contribution in [0.1, 0.15) is 221 Å².